The fourth-order valence-corrected chi connectivity index (χ4v) is 2.90. The molecule has 2 aromatic heterocycles. The zero-order valence-electron chi connectivity index (χ0n) is 11.6. The maximum atomic E-state index is 13.9. The van der Waals surface area contributed by atoms with Crippen molar-refractivity contribution in [3.63, 3.8) is 0 Å². The molecule has 112 valence electrons. The Kier molecular flexibility index (Phi) is 4.62. The van der Waals surface area contributed by atoms with Gasteiger partial charge in [0.2, 0.25) is 5.95 Å². The summed E-state index contributed by atoms with van der Waals surface area (Å²) < 4.78 is 19.1. The summed E-state index contributed by atoms with van der Waals surface area (Å²) in [6.07, 6.45) is 2.14. The number of nitrogens with one attached hydrogen (secondary N) is 1. The smallest absolute Gasteiger partial charge is 0.224 e. The lowest BCUT2D eigenvalue weighted by Gasteiger charge is -2.28. The Morgan fingerprint density at radius 2 is 2.24 bits per heavy atom. The third-order valence-corrected chi connectivity index (χ3v) is 4.21. The van der Waals surface area contributed by atoms with E-state index in [0.29, 0.717) is 38.1 Å². The number of anilines is 2. The van der Waals surface area contributed by atoms with Crippen LogP contribution in [0.4, 0.5) is 16.2 Å². The molecular formula is C14H17FN4OS. The number of morpholine rings is 1. The molecular weight excluding hydrogens is 291 g/mol. The molecule has 1 fully saturated rings. The highest BCUT2D eigenvalue weighted by Gasteiger charge is 2.17. The number of hydrogen-bond donors (Lipinski definition) is 1. The van der Waals surface area contributed by atoms with E-state index in [1.165, 1.54) is 11.1 Å². The number of hydrogen-bond acceptors (Lipinski definition) is 6. The van der Waals surface area contributed by atoms with Crippen LogP contribution in [0.15, 0.2) is 23.7 Å². The van der Waals surface area contributed by atoms with Crippen molar-refractivity contribution in [1.82, 2.24) is 9.97 Å². The van der Waals surface area contributed by atoms with Gasteiger partial charge in [-0.05, 0) is 17.9 Å². The quantitative estimate of drug-likeness (QED) is 0.917. The molecule has 0 spiro atoms. The third kappa shape index (κ3) is 3.68. The van der Waals surface area contributed by atoms with Gasteiger partial charge in [-0.2, -0.15) is 4.98 Å². The Morgan fingerprint density at radius 1 is 1.38 bits per heavy atom. The van der Waals surface area contributed by atoms with Crippen molar-refractivity contribution in [1.29, 1.82) is 0 Å². The predicted octanol–water partition coefficient (Wildman–Crippen LogP) is 2.17. The molecule has 3 heterocycles. The van der Waals surface area contributed by atoms with E-state index < -0.39 is 0 Å². The van der Waals surface area contributed by atoms with Gasteiger partial charge in [-0.15, -0.1) is 11.3 Å². The van der Waals surface area contributed by atoms with Crippen LogP contribution in [0.3, 0.4) is 0 Å². The molecule has 1 aliphatic heterocycles. The predicted molar refractivity (Wildman–Crippen MR) is 81.5 cm³/mol. The summed E-state index contributed by atoms with van der Waals surface area (Å²) in [5.74, 6) is 0.432. The average molecular weight is 308 g/mol. The molecule has 0 atom stereocenters. The Morgan fingerprint density at radius 3 is 3.00 bits per heavy atom. The van der Waals surface area contributed by atoms with Crippen molar-refractivity contribution in [2.24, 2.45) is 0 Å². The molecule has 0 radical (unpaired) electrons. The average Bonchev–Trinajstić information content (AvgIpc) is 3.03. The van der Waals surface area contributed by atoms with Gasteiger partial charge in [-0.3, -0.25) is 0 Å². The van der Waals surface area contributed by atoms with Crippen LogP contribution in [0, 0.1) is 5.82 Å². The molecule has 0 unspecified atom stereocenters. The number of rotatable bonds is 5. The van der Waals surface area contributed by atoms with Gasteiger partial charge in [0.25, 0.3) is 0 Å². The number of thiophene rings is 1. The lowest BCUT2D eigenvalue weighted by atomic mass is 10.3. The fraction of sp³-hybridized carbons (Fsp3) is 0.429. The summed E-state index contributed by atoms with van der Waals surface area (Å²) in [7, 11) is 0. The van der Waals surface area contributed by atoms with E-state index in [0.717, 1.165) is 13.0 Å². The Labute approximate surface area is 126 Å². The van der Waals surface area contributed by atoms with Crippen LogP contribution >= 0.6 is 11.3 Å². The zero-order valence-corrected chi connectivity index (χ0v) is 12.4. The minimum Gasteiger partial charge on any atom is -0.378 e. The second kappa shape index (κ2) is 6.82. The lowest BCUT2D eigenvalue weighted by Crippen LogP contribution is -2.37. The summed E-state index contributed by atoms with van der Waals surface area (Å²) >= 11 is 1.72. The van der Waals surface area contributed by atoms with Crippen LogP contribution in [-0.2, 0) is 11.2 Å². The molecule has 7 heteroatoms. The normalized spacial score (nSPS) is 15.2. The monoisotopic (exact) mass is 308 g/mol. The Hall–Kier alpha value is -1.73. The molecule has 0 aromatic carbocycles. The first kappa shape index (κ1) is 14.2. The number of halogens is 1. The Bertz CT molecular complexity index is 572. The second-order valence-corrected chi connectivity index (χ2v) is 5.75. The van der Waals surface area contributed by atoms with Gasteiger partial charge in [0, 0.05) is 24.5 Å². The maximum Gasteiger partial charge on any atom is 0.224 e. The summed E-state index contributed by atoms with van der Waals surface area (Å²) in [6.45, 7) is 3.25. The summed E-state index contributed by atoms with van der Waals surface area (Å²) in [5.41, 5.74) is 0. The van der Waals surface area contributed by atoms with E-state index in [1.54, 1.807) is 11.3 Å². The zero-order chi connectivity index (χ0) is 14.5. The first-order valence-corrected chi connectivity index (χ1v) is 7.82. The number of aromatic nitrogens is 2. The fourth-order valence-electron chi connectivity index (χ4n) is 2.19. The van der Waals surface area contributed by atoms with Gasteiger partial charge in [0.1, 0.15) is 0 Å². The van der Waals surface area contributed by atoms with E-state index in [-0.39, 0.29) is 5.82 Å². The molecule has 0 saturated carbocycles. The van der Waals surface area contributed by atoms with Gasteiger partial charge >= 0.3 is 0 Å². The molecule has 1 aliphatic rings. The lowest BCUT2D eigenvalue weighted by molar-refractivity contribution is 0.122. The molecule has 0 aliphatic carbocycles. The highest BCUT2D eigenvalue weighted by molar-refractivity contribution is 7.09. The standard InChI is InChI=1S/C14H17FN4OS/c15-12-10-17-14(16-4-3-11-2-1-9-21-11)18-13(12)19-5-7-20-8-6-19/h1-2,9-10H,3-8H2,(H,16,17,18). The summed E-state index contributed by atoms with van der Waals surface area (Å²) in [6, 6.07) is 4.13. The van der Waals surface area contributed by atoms with Crippen molar-refractivity contribution in [2.45, 2.75) is 6.42 Å². The largest absolute Gasteiger partial charge is 0.378 e. The van der Waals surface area contributed by atoms with Crippen LogP contribution in [0.25, 0.3) is 0 Å². The molecule has 0 bridgehead atoms. The van der Waals surface area contributed by atoms with Gasteiger partial charge in [0.15, 0.2) is 11.6 Å². The molecule has 2 aromatic rings. The second-order valence-electron chi connectivity index (χ2n) is 4.72. The maximum absolute atomic E-state index is 13.9. The van der Waals surface area contributed by atoms with Gasteiger partial charge in [0.05, 0.1) is 19.4 Å². The van der Waals surface area contributed by atoms with Crippen LogP contribution < -0.4 is 10.2 Å². The van der Waals surface area contributed by atoms with E-state index in [1.807, 2.05) is 11.0 Å². The van der Waals surface area contributed by atoms with Crippen molar-refractivity contribution >= 4 is 23.1 Å². The molecule has 3 rings (SSSR count). The first-order valence-electron chi connectivity index (χ1n) is 6.94. The molecule has 5 nitrogen and oxygen atoms in total. The molecule has 1 saturated heterocycles. The SMILES string of the molecule is Fc1cnc(NCCc2cccs2)nc1N1CCOCC1. The van der Waals surface area contributed by atoms with Crippen molar-refractivity contribution < 1.29 is 9.13 Å². The number of ether oxygens (including phenoxy) is 1. The van der Waals surface area contributed by atoms with Crippen LogP contribution in [-0.4, -0.2) is 42.8 Å². The number of nitrogens with zero attached hydrogens (tertiary/aromatic N) is 3. The van der Waals surface area contributed by atoms with Crippen LogP contribution in [0.5, 0.6) is 0 Å². The van der Waals surface area contributed by atoms with Gasteiger partial charge in [-0.25, -0.2) is 9.37 Å². The van der Waals surface area contributed by atoms with Crippen molar-refractivity contribution in [3.8, 4) is 0 Å². The van der Waals surface area contributed by atoms with E-state index >= 15 is 0 Å². The summed E-state index contributed by atoms with van der Waals surface area (Å²) in [4.78, 5) is 11.5. The van der Waals surface area contributed by atoms with Crippen LogP contribution in [0.2, 0.25) is 0 Å². The van der Waals surface area contributed by atoms with Crippen molar-refractivity contribution in [2.75, 3.05) is 43.1 Å². The van der Waals surface area contributed by atoms with Gasteiger partial charge in [-0.1, -0.05) is 6.07 Å². The van der Waals surface area contributed by atoms with E-state index in [9.17, 15) is 4.39 Å². The minimum atomic E-state index is -0.388. The molecule has 21 heavy (non-hydrogen) atoms. The topological polar surface area (TPSA) is 50.3 Å². The molecule has 0 amide bonds. The third-order valence-electron chi connectivity index (χ3n) is 3.27. The molecule has 1 N–H and O–H groups in total. The summed E-state index contributed by atoms with van der Waals surface area (Å²) in [5, 5.41) is 5.21. The highest BCUT2D eigenvalue weighted by atomic mass is 32.1. The minimum absolute atomic E-state index is 0.354. The van der Waals surface area contributed by atoms with Crippen molar-refractivity contribution in [3.05, 3.63) is 34.4 Å². The highest BCUT2D eigenvalue weighted by Crippen LogP contribution is 2.18. The van der Waals surface area contributed by atoms with Gasteiger partial charge < -0.3 is 15.0 Å². The Balaban J connectivity index is 1.62. The van der Waals surface area contributed by atoms with E-state index in [4.69, 9.17) is 4.74 Å². The first-order chi connectivity index (χ1) is 10.3. The van der Waals surface area contributed by atoms with Crippen LogP contribution in [0.1, 0.15) is 4.88 Å². The van der Waals surface area contributed by atoms with E-state index in [2.05, 4.69) is 26.7 Å².